The molecule has 0 unspecified atom stereocenters. The lowest BCUT2D eigenvalue weighted by atomic mass is 10.1. The van der Waals surface area contributed by atoms with Crippen molar-refractivity contribution in [3.05, 3.63) is 60.7 Å². The number of ether oxygens (including phenoxy) is 1. The van der Waals surface area contributed by atoms with Crippen molar-refractivity contribution in [2.75, 3.05) is 12.4 Å². The molecule has 0 aliphatic carbocycles. The summed E-state index contributed by atoms with van der Waals surface area (Å²) in [6.07, 6.45) is -0.538. The van der Waals surface area contributed by atoms with E-state index in [9.17, 15) is 4.79 Å². The fraction of sp³-hybridized carbons (Fsp3) is 0.0526. The Balaban J connectivity index is 1.88. The normalized spacial score (nSPS) is 10.9. The lowest BCUT2D eigenvalue weighted by Gasteiger charge is -2.07. The fourth-order valence-electron chi connectivity index (χ4n) is 2.71. The first-order valence-corrected chi connectivity index (χ1v) is 7.49. The van der Waals surface area contributed by atoms with Gasteiger partial charge in [-0.15, -0.1) is 0 Å². The number of aromatic nitrogens is 1. The monoisotopic (exact) mass is 318 g/mol. The number of benzene rings is 3. The van der Waals surface area contributed by atoms with E-state index in [2.05, 4.69) is 15.0 Å². The van der Waals surface area contributed by atoms with E-state index in [0.29, 0.717) is 17.1 Å². The van der Waals surface area contributed by atoms with Crippen LogP contribution in [0, 0.1) is 0 Å². The summed E-state index contributed by atoms with van der Waals surface area (Å²) in [5.41, 5.74) is 2.79. The summed E-state index contributed by atoms with van der Waals surface area (Å²) in [4.78, 5) is 16.1. The Kier molecular flexibility index (Phi) is 3.39. The number of nitrogens with zero attached hydrogens (tertiary/aromatic N) is 1. The molecule has 0 atom stereocenters. The number of amides is 1. The summed E-state index contributed by atoms with van der Waals surface area (Å²) < 4.78 is 10.7. The predicted molar refractivity (Wildman–Crippen MR) is 93.0 cm³/mol. The number of fused-ring (bicyclic) bond motifs is 3. The maximum Gasteiger partial charge on any atom is 0.411 e. The minimum Gasteiger partial charge on any atom is -0.453 e. The number of rotatable bonds is 2. The summed E-state index contributed by atoms with van der Waals surface area (Å²) in [5.74, 6) is 0.452. The third-order valence-electron chi connectivity index (χ3n) is 3.86. The number of oxazole rings is 1. The van der Waals surface area contributed by atoms with Gasteiger partial charge in [0.1, 0.15) is 5.52 Å². The molecule has 0 saturated carbocycles. The van der Waals surface area contributed by atoms with Crippen LogP contribution in [0.15, 0.2) is 65.1 Å². The maximum atomic E-state index is 11.5. The largest absolute Gasteiger partial charge is 0.453 e. The number of carbonyl (C=O) groups is 1. The first-order chi connectivity index (χ1) is 11.8. The second kappa shape index (κ2) is 5.70. The van der Waals surface area contributed by atoms with Crippen LogP contribution < -0.4 is 5.32 Å². The molecule has 0 fully saturated rings. The number of carbonyl (C=O) groups excluding carboxylic acids is 1. The average Bonchev–Trinajstić information content (AvgIpc) is 3.06. The van der Waals surface area contributed by atoms with E-state index < -0.39 is 6.09 Å². The van der Waals surface area contributed by atoms with Gasteiger partial charge in [0.15, 0.2) is 5.58 Å². The molecular formula is C19H14N2O3. The van der Waals surface area contributed by atoms with Crippen LogP contribution in [0.4, 0.5) is 10.5 Å². The smallest absolute Gasteiger partial charge is 0.411 e. The van der Waals surface area contributed by atoms with Crippen molar-refractivity contribution in [1.29, 1.82) is 0 Å². The number of anilines is 1. The molecule has 0 bridgehead atoms. The zero-order chi connectivity index (χ0) is 16.5. The lowest BCUT2D eigenvalue weighted by molar-refractivity contribution is 0.187. The standard InChI is InChI=1S/C19H14N2O3/c1-23-19(22)21-15-9-5-4-8-14(15)18-20-16-11-10-12-6-2-3-7-13(12)17(16)24-18/h2-11H,1H3,(H,21,22). The minimum absolute atomic E-state index is 0.452. The number of para-hydroxylation sites is 1. The second-order valence-electron chi connectivity index (χ2n) is 5.32. The molecule has 0 radical (unpaired) electrons. The lowest BCUT2D eigenvalue weighted by Crippen LogP contribution is -2.11. The zero-order valence-electron chi connectivity index (χ0n) is 12.9. The van der Waals surface area contributed by atoms with Crippen LogP contribution in [0.25, 0.3) is 33.3 Å². The van der Waals surface area contributed by atoms with E-state index in [0.717, 1.165) is 21.9 Å². The van der Waals surface area contributed by atoms with E-state index in [-0.39, 0.29) is 0 Å². The molecule has 1 N–H and O–H groups in total. The van der Waals surface area contributed by atoms with E-state index in [1.807, 2.05) is 54.6 Å². The Morgan fingerprint density at radius 1 is 1.04 bits per heavy atom. The third kappa shape index (κ3) is 2.36. The minimum atomic E-state index is -0.538. The van der Waals surface area contributed by atoms with Gasteiger partial charge in [-0.3, -0.25) is 5.32 Å². The molecule has 5 nitrogen and oxygen atoms in total. The van der Waals surface area contributed by atoms with Gasteiger partial charge in [0.05, 0.1) is 18.4 Å². The van der Waals surface area contributed by atoms with Crippen LogP contribution in [-0.2, 0) is 4.74 Å². The molecule has 5 heteroatoms. The van der Waals surface area contributed by atoms with Crippen molar-refractivity contribution in [2.45, 2.75) is 0 Å². The Morgan fingerprint density at radius 3 is 2.71 bits per heavy atom. The van der Waals surface area contributed by atoms with Crippen LogP contribution in [0.3, 0.4) is 0 Å². The molecule has 3 aromatic carbocycles. The van der Waals surface area contributed by atoms with Crippen LogP contribution in [-0.4, -0.2) is 18.2 Å². The van der Waals surface area contributed by atoms with E-state index in [1.165, 1.54) is 7.11 Å². The van der Waals surface area contributed by atoms with Crippen molar-refractivity contribution < 1.29 is 13.9 Å². The molecule has 0 spiro atoms. The number of hydrogen-bond acceptors (Lipinski definition) is 4. The molecule has 0 aliphatic heterocycles. The van der Waals surface area contributed by atoms with Crippen molar-refractivity contribution in [1.82, 2.24) is 4.98 Å². The quantitative estimate of drug-likeness (QED) is 0.575. The van der Waals surface area contributed by atoms with Gasteiger partial charge in [0, 0.05) is 5.39 Å². The van der Waals surface area contributed by atoms with Gasteiger partial charge in [-0.1, -0.05) is 42.5 Å². The number of hydrogen-bond donors (Lipinski definition) is 1. The Bertz CT molecular complexity index is 1050. The van der Waals surface area contributed by atoms with Gasteiger partial charge >= 0.3 is 6.09 Å². The molecule has 1 aromatic heterocycles. The van der Waals surface area contributed by atoms with Crippen LogP contribution >= 0.6 is 0 Å². The number of methoxy groups -OCH3 is 1. The third-order valence-corrected chi connectivity index (χ3v) is 3.86. The van der Waals surface area contributed by atoms with Gasteiger partial charge in [-0.25, -0.2) is 9.78 Å². The van der Waals surface area contributed by atoms with Crippen molar-refractivity contribution in [3.8, 4) is 11.5 Å². The maximum absolute atomic E-state index is 11.5. The first kappa shape index (κ1) is 14.3. The van der Waals surface area contributed by atoms with Crippen molar-refractivity contribution in [3.63, 3.8) is 0 Å². The van der Waals surface area contributed by atoms with Gasteiger partial charge < -0.3 is 9.15 Å². The van der Waals surface area contributed by atoms with Gasteiger partial charge in [0.25, 0.3) is 0 Å². The second-order valence-corrected chi connectivity index (χ2v) is 5.32. The van der Waals surface area contributed by atoms with Crippen molar-refractivity contribution >= 4 is 33.7 Å². The number of nitrogens with one attached hydrogen (secondary N) is 1. The van der Waals surface area contributed by atoms with E-state index >= 15 is 0 Å². The van der Waals surface area contributed by atoms with Gasteiger partial charge in [-0.05, 0) is 23.6 Å². The molecule has 0 aliphatic rings. The molecule has 4 aromatic rings. The molecule has 118 valence electrons. The highest BCUT2D eigenvalue weighted by Crippen LogP contribution is 2.33. The SMILES string of the molecule is COC(=O)Nc1ccccc1-c1nc2ccc3ccccc3c2o1. The van der Waals surface area contributed by atoms with Crippen LogP contribution in [0.2, 0.25) is 0 Å². The molecule has 0 saturated heterocycles. The highest BCUT2D eigenvalue weighted by atomic mass is 16.5. The van der Waals surface area contributed by atoms with Gasteiger partial charge in [-0.2, -0.15) is 0 Å². The molecule has 1 amide bonds. The molecular weight excluding hydrogens is 304 g/mol. The summed E-state index contributed by atoms with van der Waals surface area (Å²) in [6, 6.07) is 19.3. The summed E-state index contributed by atoms with van der Waals surface area (Å²) in [6.45, 7) is 0. The predicted octanol–water partition coefficient (Wildman–Crippen LogP) is 4.83. The highest BCUT2D eigenvalue weighted by molar-refractivity contribution is 6.03. The molecule has 24 heavy (non-hydrogen) atoms. The molecule has 1 heterocycles. The van der Waals surface area contributed by atoms with Crippen LogP contribution in [0.1, 0.15) is 0 Å². The topological polar surface area (TPSA) is 64.4 Å². The Morgan fingerprint density at radius 2 is 1.83 bits per heavy atom. The summed E-state index contributed by atoms with van der Waals surface area (Å²) in [5, 5.41) is 4.78. The van der Waals surface area contributed by atoms with Gasteiger partial charge in [0.2, 0.25) is 5.89 Å². The van der Waals surface area contributed by atoms with E-state index in [1.54, 1.807) is 6.07 Å². The zero-order valence-corrected chi connectivity index (χ0v) is 12.9. The van der Waals surface area contributed by atoms with Crippen LogP contribution in [0.5, 0.6) is 0 Å². The highest BCUT2D eigenvalue weighted by Gasteiger charge is 2.15. The Hall–Kier alpha value is -3.34. The fourth-order valence-corrected chi connectivity index (χ4v) is 2.71. The molecule has 4 rings (SSSR count). The first-order valence-electron chi connectivity index (χ1n) is 7.49. The average molecular weight is 318 g/mol. The Labute approximate surface area is 137 Å². The van der Waals surface area contributed by atoms with E-state index in [4.69, 9.17) is 4.42 Å². The summed E-state index contributed by atoms with van der Waals surface area (Å²) >= 11 is 0. The summed E-state index contributed by atoms with van der Waals surface area (Å²) in [7, 11) is 1.32. The van der Waals surface area contributed by atoms with Crippen molar-refractivity contribution in [2.24, 2.45) is 0 Å².